The number of hydrogen-bond acceptors (Lipinski definition) is 6. The molecule has 3 fully saturated rings. The lowest BCUT2D eigenvalue weighted by molar-refractivity contribution is -0.222. The van der Waals surface area contributed by atoms with E-state index in [1.54, 1.807) is 6.92 Å². The van der Waals surface area contributed by atoms with Crippen LogP contribution in [0.5, 0.6) is 0 Å². The van der Waals surface area contributed by atoms with E-state index in [4.69, 9.17) is 4.74 Å². The number of carbonyl (C=O) groups excluding carboxylic acids is 2. The van der Waals surface area contributed by atoms with E-state index in [2.05, 4.69) is 6.92 Å². The van der Waals surface area contributed by atoms with E-state index < -0.39 is 28.8 Å². The van der Waals surface area contributed by atoms with Gasteiger partial charge in [-0.25, -0.2) is 4.79 Å². The summed E-state index contributed by atoms with van der Waals surface area (Å²) in [5, 5.41) is 34.1. The van der Waals surface area contributed by atoms with Gasteiger partial charge in [-0.3, -0.25) is 4.79 Å². The molecule has 6 heteroatoms. The van der Waals surface area contributed by atoms with E-state index in [-0.39, 0.29) is 34.9 Å². The van der Waals surface area contributed by atoms with Crippen molar-refractivity contribution in [3.8, 4) is 0 Å². The van der Waals surface area contributed by atoms with Gasteiger partial charge in [0.05, 0.1) is 5.41 Å². The standard InChI is InChI=1S/C28H40O6/c1-15-14-23(34-24(31)16(15)2)27(5,32)20-7-6-18-17-10-13-28(33)22(30)9-8-21(29)26(28,4)19(17)11-12-25(18,20)3/h8-9,17-20,22-23,30,32-33H,6-7,10-14H2,1-5H3/t17-,18-,19-,20-,22-,23+,25-,26-,27+,28-/m0/s1. The molecule has 0 unspecified atom stereocenters. The van der Waals surface area contributed by atoms with Gasteiger partial charge in [0.1, 0.15) is 23.4 Å². The largest absolute Gasteiger partial charge is 0.456 e. The quantitative estimate of drug-likeness (QED) is 0.532. The fourth-order valence-corrected chi connectivity index (χ4v) is 9.11. The minimum Gasteiger partial charge on any atom is -0.456 e. The highest BCUT2D eigenvalue weighted by atomic mass is 16.6. The molecule has 34 heavy (non-hydrogen) atoms. The van der Waals surface area contributed by atoms with E-state index in [1.165, 1.54) is 12.2 Å². The summed E-state index contributed by atoms with van der Waals surface area (Å²) in [6, 6.07) is 0. The third-order valence-corrected chi connectivity index (χ3v) is 11.4. The summed E-state index contributed by atoms with van der Waals surface area (Å²) in [6.07, 6.45) is 6.47. The minimum absolute atomic E-state index is 0.000426. The summed E-state index contributed by atoms with van der Waals surface area (Å²) in [7, 11) is 0. The highest BCUT2D eigenvalue weighted by Crippen LogP contribution is 2.68. The fraction of sp³-hybridized carbons (Fsp3) is 0.786. The van der Waals surface area contributed by atoms with Crippen LogP contribution in [0.15, 0.2) is 23.3 Å². The zero-order valence-corrected chi connectivity index (χ0v) is 21.1. The molecular weight excluding hydrogens is 432 g/mol. The number of aliphatic hydroxyl groups is 3. The van der Waals surface area contributed by atoms with Crippen molar-refractivity contribution in [2.24, 2.45) is 34.5 Å². The lowest BCUT2D eigenvalue weighted by Gasteiger charge is -2.62. The van der Waals surface area contributed by atoms with Gasteiger partial charge in [-0.2, -0.15) is 0 Å². The second kappa shape index (κ2) is 7.50. The van der Waals surface area contributed by atoms with Crippen LogP contribution in [-0.2, 0) is 14.3 Å². The first-order valence-electron chi connectivity index (χ1n) is 13.0. The Hall–Kier alpha value is -1.50. The number of cyclic esters (lactones) is 1. The lowest BCUT2D eigenvalue weighted by atomic mass is 9.43. The molecule has 10 atom stereocenters. The number of rotatable bonds is 2. The molecule has 3 N–H and O–H groups in total. The van der Waals surface area contributed by atoms with E-state index >= 15 is 0 Å². The Morgan fingerprint density at radius 3 is 2.44 bits per heavy atom. The predicted octanol–water partition coefficient (Wildman–Crippen LogP) is 3.48. The molecule has 0 aromatic heterocycles. The number of carbonyl (C=O) groups is 2. The Morgan fingerprint density at radius 1 is 1.06 bits per heavy atom. The van der Waals surface area contributed by atoms with E-state index in [0.29, 0.717) is 24.3 Å². The van der Waals surface area contributed by atoms with Crippen LogP contribution in [-0.4, -0.2) is 50.5 Å². The maximum absolute atomic E-state index is 13.2. The molecule has 0 aromatic carbocycles. The van der Waals surface area contributed by atoms with E-state index in [9.17, 15) is 24.9 Å². The Labute approximate surface area is 202 Å². The van der Waals surface area contributed by atoms with Gasteiger partial charge in [-0.05, 0) is 107 Å². The van der Waals surface area contributed by atoms with Gasteiger partial charge in [0.2, 0.25) is 0 Å². The van der Waals surface area contributed by atoms with Gasteiger partial charge in [-0.15, -0.1) is 0 Å². The van der Waals surface area contributed by atoms with Gasteiger partial charge >= 0.3 is 5.97 Å². The molecular formula is C28H40O6. The monoisotopic (exact) mass is 472 g/mol. The molecule has 0 amide bonds. The van der Waals surface area contributed by atoms with Gasteiger partial charge in [0.25, 0.3) is 0 Å². The van der Waals surface area contributed by atoms with Crippen LogP contribution in [0.2, 0.25) is 0 Å². The van der Waals surface area contributed by atoms with Crippen molar-refractivity contribution < 1.29 is 29.6 Å². The lowest BCUT2D eigenvalue weighted by Crippen LogP contribution is -2.68. The maximum Gasteiger partial charge on any atom is 0.334 e. The smallest absolute Gasteiger partial charge is 0.334 e. The summed E-state index contributed by atoms with van der Waals surface area (Å²) in [5.74, 6) is 0.144. The van der Waals surface area contributed by atoms with Crippen LogP contribution in [0.25, 0.3) is 0 Å². The molecule has 6 nitrogen and oxygen atoms in total. The SMILES string of the molecule is CC1=C(C)C(=O)O[C@@H]([C@](C)(O)[C@H]2CC[C@H]3[C@@H]4CC[C@]5(O)[C@@H](O)C=CC(=O)[C@]5(C)[C@H]4CC[C@]23C)C1. The first-order valence-corrected chi connectivity index (χ1v) is 13.0. The summed E-state index contributed by atoms with van der Waals surface area (Å²) < 4.78 is 5.74. The van der Waals surface area contributed by atoms with Gasteiger partial charge < -0.3 is 20.1 Å². The summed E-state index contributed by atoms with van der Waals surface area (Å²) >= 11 is 0. The third-order valence-electron chi connectivity index (χ3n) is 11.4. The zero-order chi connectivity index (χ0) is 24.8. The number of ether oxygens (including phenoxy) is 1. The second-order valence-electron chi connectivity index (χ2n) is 12.6. The Balaban J connectivity index is 1.45. The number of allylic oxidation sites excluding steroid dienone is 1. The van der Waals surface area contributed by atoms with Crippen LogP contribution in [0, 0.1) is 34.5 Å². The molecule has 3 saturated carbocycles. The predicted molar refractivity (Wildman–Crippen MR) is 126 cm³/mol. The molecule has 0 spiro atoms. The summed E-state index contributed by atoms with van der Waals surface area (Å²) in [5.41, 5.74) is -2.09. The van der Waals surface area contributed by atoms with Gasteiger partial charge in [0, 0.05) is 12.0 Å². The number of ketones is 1. The fourth-order valence-electron chi connectivity index (χ4n) is 9.11. The second-order valence-corrected chi connectivity index (χ2v) is 12.6. The first-order chi connectivity index (χ1) is 15.8. The zero-order valence-electron chi connectivity index (χ0n) is 21.1. The molecule has 4 aliphatic carbocycles. The average Bonchev–Trinajstić information content (AvgIpc) is 3.14. The molecule has 0 aromatic rings. The van der Waals surface area contributed by atoms with Crippen molar-refractivity contribution in [1.29, 1.82) is 0 Å². The average molecular weight is 473 g/mol. The third kappa shape index (κ3) is 2.91. The first kappa shape index (κ1) is 24.2. The van der Waals surface area contributed by atoms with Crippen molar-refractivity contribution in [3.63, 3.8) is 0 Å². The van der Waals surface area contributed by atoms with Crippen molar-refractivity contribution in [2.75, 3.05) is 0 Å². The normalized spacial score (nSPS) is 50.2. The summed E-state index contributed by atoms with van der Waals surface area (Å²) in [6.45, 7) is 9.70. The molecule has 188 valence electrons. The van der Waals surface area contributed by atoms with Crippen LogP contribution in [0.1, 0.15) is 79.6 Å². The molecule has 0 bridgehead atoms. The Bertz CT molecular complexity index is 979. The molecule has 1 aliphatic heterocycles. The Morgan fingerprint density at radius 2 is 1.76 bits per heavy atom. The van der Waals surface area contributed by atoms with Crippen molar-refractivity contribution in [2.45, 2.75) is 103 Å². The number of fused-ring (bicyclic) bond motifs is 5. The highest BCUT2D eigenvalue weighted by molar-refractivity contribution is 5.97. The minimum atomic E-state index is -1.42. The molecule has 0 saturated heterocycles. The summed E-state index contributed by atoms with van der Waals surface area (Å²) in [4.78, 5) is 25.6. The van der Waals surface area contributed by atoms with Crippen LogP contribution < -0.4 is 0 Å². The number of esters is 1. The van der Waals surface area contributed by atoms with Crippen molar-refractivity contribution in [1.82, 2.24) is 0 Å². The van der Waals surface area contributed by atoms with Gasteiger partial charge in [0.15, 0.2) is 5.78 Å². The maximum atomic E-state index is 13.2. The molecule has 5 aliphatic rings. The molecule has 1 heterocycles. The number of aliphatic hydroxyl groups excluding tert-OH is 1. The van der Waals surface area contributed by atoms with Crippen LogP contribution >= 0.6 is 0 Å². The molecule has 0 radical (unpaired) electrons. The van der Waals surface area contributed by atoms with Gasteiger partial charge in [-0.1, -0.05) is 12.5 Å². The highest BCUT2D eigenvalue weighted by Gasteiger charge is 2.69. The van der Waals surface area contributed by atoms with E-state index in [0.717, 1.165) is 37.7 Å². The van der Waals surface area contributed by atoms with E-state index in [1.807, 2.05) is 20.8 Å². The van der Waals surface area contributed by atoms with Crippen LogP contribution in [0.3, 0.4) is 0 Å². The number of hydrogen-bond donors (Lipinski definition) is 3. The Kier molecular flexibility index (Phi) is 5.34. The van der Waals surface area contributed by atoms with Crippen molar-refractivity contribution in [3.05, 3.63) is 23.3 Å². The van der Waals surface area contributed by atoms with Crippen molar-refractivity contribution >= 4 is 11.8 Å². The molecule has 5 rings (SSSR count). The van der Waals surface area contributed by atoms with Crippen LogP contribution in [0.4, 0.5) is 0 Å². The topological polar surface area (TPSA) is 104 Å².